The van der Waals surface area contributed by atoms with Gasteiger partial charge in [0.05, 0.1) is 0 Å². The Labute approximate surface area is 144 Å². The first-order chi connectivity index (χ1) is 0. The summed E-state index contributed by atoms with van der Waals surface area (Å²) < 4.78 is 0. The molecule has 0 saturated heterocycles. The number of halogens is 6. The molecule has 0 aliphatic heterocycles. The monoisotopic (exact) mass is 247 g/mol. The molecule has 0 aromatic heterocycles. The minimum absolute atomic E-state index is 0. The fourth-order valence-corrected chi connectivity index (χ4v) is 0. The van der Waals surface area contributed by atoms with Crippen LogP contribution < -0.4 is 131 Å². The molecular formula is F6K2Mn-4. The van der Waals surface area contributed by atoms with E-state index in [-0.39, 0.29) is 148 Å². The quantitative estimate of drug-likeness (QED) is 0.294. The van der Waals surface area contributed by atoms with Crippen LogP contribution in [-0.2, 0) is 17.1 Å². The van der Waals surface area contributed by atoms with Crippen molar-refractivity contribution in [1.29, 1.82) is 0 Å². The SMILES string of the molecule is [F-].[F-].[F-].[F-].[F-].[F-].[K+].[K+].[Mn]. The van der Waals surface area contributed by atoms with E-state index in [4.69, 9.17) is 0 Å². The van der Waals surface area contributed by atoms with Gasteiger partial charge >= 0.3 is 103 Å². The van der Waals surface area contributed by atoms with Crippen LogP contribution >= 0.6 is 0 Å². The van der Waals surface area contributed by atoms with E-state index in [1.165, 1.54) is 0 Å². The van der Waals surface area contributed by atoms with Gasteiger partial charge in [-0.3, -0.25) is 0 Å². The standard InChI is InChI=1S/6FH.2K.Mn/h6*1H;;;/q;;;;;;2*+1;/p-6. The average Bonchev–Trinajstić information content (AvgIpc) is 0. The van der Waals surface area contributed by atoms with E-state index in [1.54, 1.807) is 0 Å². The minimum atomic E-state index is 0. The Morgan fingerprint density at radius 3 is 0.333 bits per heavy atom. The molecule has 0 fully saturated rings. The van der Waals surface area contributed by atoms with Gasteiger partial charge in [-0.15, -0.1) is 0 Å². The van der Waals surface area contributed by atoms with Gasteiger partial charge < -0.3 is 28.2 Å². The van der Waals surface area contributed by atoms with Gasteiger partial charge in [0.25, 0.3) is 0 Å². The zero-order valence-corrected chi connectivity index (χ0v) is 12.1. The molecule has 0 saturated carbocycles. The predicted molar refractivity (Wildman–Crippen MR) is 0 cm³/mol. The van der Waals surface area contributed by atoms with Gasteiger partial charge in [0.1, 0.15) is 0 Å². The Balaban J connectivity index is 0. The molecule has 0 heterocycles. The summed E-state index contributed by atoms with van der Waals surface area (Å²) in [6, 6.07) is 0. The Kier molecular flexibility index (Phi) is 1680. The summed E-state index contributed by atoms with van der Waals surface area (Å²) in [5.74, 6) is 0. The molecule has 0 aromatic rings. The first-order valence-corrected chi connectivity index (χ1v) is 0. The molecule has 55 valence electrons. The van der Waals surface area contributed by atoms with Crippen LogP contribution in [0.5, 0.6) is 0 Å². The fraction of sp³-hybridized carbons (Fsp3) is 0. The zero-order chi connectivity index (χ0) is 0. The molecule has 0 aromatic carbocycles. The maximum absolute atomic E-state index is 0. The molecule has 0 amide bonds. The van der Waals surface area contributed by atoms with Crippen LogP contribution in [0.4, 0.5) is 0 Å². The van der Waals surface area contributed by atoms with Gasteiger partial charge in [0.2, 0.25) is 0 Å². The predicted octanol–water partition coefficient (Wildman–Crippen LogP) is -24.0. The van der Waals surface area contributed by atoms with Crippen molar-refractivity contribution in [2.45, 2.75) is 0 Å². The minimum Gasteiger partial charge on any atom is -1.00 e. The molecule has 0 nitrogen and oxygen atoms in total. The molecule has 9 heavy (non-hydrogen) atoms. The molecule has 0 rings (SSSR count). The Morgan fingerprint density at radius 2 is 0.333 bits per heavy atom. The second-order valence-electron chi connectivity index (χ2n) is 0. The molecule has 0 unspecified atom stereocenters. The van der Waals surface area contributed by atoms with E-state index < -0.39 is 0 Å². The summed E-state index contributed by atoms with van der Waals surface area (Å²) in [5, 5.41) is 0. The fourth-order valence-electron chi connectivity index (χ4n) is 0. The summed E-state index contributed by atoms with van der Waals surface area (Å²) in [6.07, 6.45) is 0. The molecule has 0 aliphatic rings. The average molecular weight is 247 g/mol. The second-order valence-corrected chi connectivity index (χ2v) is 0. The normalized spacial score (nSPS) is 0. The summed E-state index contributed by atoms with van der Waals surface area (Å²) in [6.45, 7) is 0. The summed E-state index contributed by atoms with van der Waals surface area (Å²) in [4.78, 5) is 0. The van der Waals surface area contributed by atoms with Crippen molar-refractivity contribution in [2.24, 2.45) is 0 Å². The van der Waals surface area contributed by atoms with Crippen molar-refractivity contribution < 1.29 is 148 Å². The van der Waals surface area contributed by atoms with Crippen molar-refractivity contribution in [3.63, 3.8) is 0 Å². The molecule has 9 heteroatoms. The Morgan fingerprint density at radius 1 is 0.333 bits per heavy atom. The van der Waals surface area contributed by atoms with Crippen molar-refractivity contribution in [1.82, 2.24) is 0 Å². The van der Waals surface area contributed by atoms with Gasteiger partial charge in [-0.1, -0.05) is 0 Å². The van der Waals surface area contributed by atoms with Gasteiger partial charge in [0, 0.05) is 17.1 Å². The summed E-state index contributed by atoms with van der Waals surface area (Å²) >= 11 is 0. The van der Waals surface area contributed by atoms with Crippen molar-refractivity contribution >= 4 is 0 Å². The summed E-state index contributed by atoms with van der Waals surface area (Å²) in [5.41, 5.74) is 0. The molecule has 0 atom stereocenters. The topological polar surface area (TPSA) is 0 Å². The van der Waals surface area contributed by atoms with Crippen LogP contribution in [0.15, 0.2) is 0 Å². The Hall–Kier alpha value is 3.37. The smallest absolute Gasteiger partial charge is 1.00 e. The third-order valence-corrected chi connectivity index (χ3v) is 0. The number of hydrogen-bond donors (Lipinski definition) is 0. The van der Waals surface area contributed by atoms with E-state index in [0.717, 1.165) is 0 Å². The van der Waals surface area contributed by atoms with Crippen molar-refractivity contribution in [3.8, 4) is 0 Å². The van der Waals surface area contributed by atoms with Crippen LogP contribution in [0.3, 0.4) is 0 Å². The van der Waals surface area contributed by atoms with Crippen LogP contribution in [0.2, 0.25) is 0 Å². The van der Waals surface area contributed by atoms with Gasteiger partial charge in [-0.25, -0.2) is 0 Å². The summed E-state index contributed by atoms with van der Waals surface area (Å²) in [7, 11) is 0. The molecule has 0 bridgehead atoms. The zero-order valence-electron chi connectivity index (χ0n) is 4.65. The van der Waals surface area contributed by atoms with E-state index >= 15 is 0 Å². The van der Waals surface area contributed by atoms with Gasteiger partial charge in [-0.2, -0.15) is 0 Å². The van der Waals surface area contributed by atoms with Crippen LogP contribution in [0, 0.1) is 0 Å². The second kappa shape index (κ2) is 108. The Bertz CT molecular complexity index is 11.0. The maximum Gasteiger partial charge on any atom is 1.00 e. The first-order valence-electron chi connectivity index (χ1n) is 0. The first kappa shape index (κ1) is 141. The van der Waals surface area contributed by atoms with Crippen molar-refractivity contribution in [2.75, 3.05) is 0 Å². The molecule has 0 aliphatic carbocycles. The molecule has 1 radical (unpaired) electrons. The van der Waals surface area contributed by atoms with E-state index in [0.29, 0.717) is 0 Å². The van der Waals surface area contributed by atoms with E-state index in [2.05, 4.69) is 0 Å². The van der Waals surface area contributed by atoms with Gasteiger partial charge in [0.15, 0.2) is 0 Å². The van der Waals surface area contributed by atoms with Gasteiger partial charge in [-0.05, 0) is 0 Å². The third kappa shape index (κ3) is 87.8. The third-order valence-electron chi connectivity index (χ3n) is 0. The molecular weight excluding hydrogens is 247 g/mol. The van der Waals surface area contributed by atoms with Crippen LogP contribution in [-0.4, -0.2) is 0 Å². The number of rotatable bonds is 0. The van der Waals surface area contributed by atoms with Crippen molar-refractivity contribution in [3.05, 3.63) is 0 Å². The van der Waals surface area contributed by atoms with E-state index in [1.807, 2.05) is 0 Å². The largest absolute Gasteiger partial charge is 1.00 e. The van der Waals surface area contributed by atoms with E-state index in [9.17, 15) is 0 Å². The maximum atomic E-state index is 0. The molecule has 0 spiro atoms. The molecule has 0 N–H and O–H groups in total. The number of hydrogen-bond acceptors (Lipinski definition) is 0. The van der Waals surface area contributed by atoms with Crippen LogP contribution in [0.25, 0.3) is 0 Å². The van der Waals surface area contributed by atoms with Crippen LogP contribution in [0.1, 0.15) is 0 Å².